The van der Waals surface area contributed by atoms with E-state index in [-0.39, 0.29) is 18.8 Å². The normalized spacial score (nSPS) is 12.2. The number of anilines is 1. The molecule has 0 radical (unpaired) electrons. The highest BCUT2D eigenvalue weighted by molar-refractivity contribution is 5.92. The molecule has 0 bridgehead atoms. The number of hydrogen-bond acceptors (Lipinski definition) is 3. The zero-order chi connectivity index (χ0) is 18.4. The van der Waals surface area contributed by atoms with Crippen LogP contribution in [-0.4, -0.2) is 35.5 Å². The van der Waals surface area contributed by atoms with Gasteiger partial charge in [0.1, 0.15) is 11.6 Å². The summed E-state index contributed by atoms with van der Waals surface area (Å²) in [6.45, 7) is 4.58. The number of benzene rings is 2. The van der Waals surface area contributed by atoms with Crippen molar-refractivity contribution in [3.8, 4) is 0 Å². The molecule has 1 unspecified atom stereocenters. The number of aliphatic hydroxyl groups excluding tert-OH is 1. The minimum Gasteiger partial charge on any atom is -0.387 e. The van der Waals surface area contributed by atoms with Crippen LogP contribution >= 0.6 is 0 Å². The van der Waals surface area contributed by atoms with Gasteiger partial charge in [0, 0.05) is 12.6 Å². The van der Waals surface area contributed by atoms with Gasteiger partial charge in [0.2, 0.25) is 5.91 Å². The number of amides is 1. The van der Waals surface area contributed by atoms with E-state index in [1.54, 1.807) is 4.90 Å². The molecule has 134 valence electrons. The Labute approximate surface area is 146 Å². The largest absolute Gasteiger partial charge is 0.387 e. The Kier molecular flexibility index (Phi) is 6.61. The quantitative estimate of drug-likeness (QED) is 0.807. The molecule has 2 aromatic rings. The molecule has 25 heavy (non-hydrogen) atoms. The van der Waals surface area contributed by atoms with Crippen molar-refractivity contribution in [2.24, 2.45) is 0 Å². The van der Waals surface area contributed by atoms with Crippen LogP contribution in [0.25, 0.3) is 0 Å². The second kappa shape index (κ2) is 8.69. The van der Waals surface area contributed by atoms with Gasteiger partial charge in [0.25, 0.3) is 0 Å². The third kappa shape index (κ3) is 5.62. The smallest absolute Gasteiger partial charge is 0.238 e. The first kappa shape index (κ1) is 19.0. The SMILES string of the molecule is CCN(CC(=O)Nc1cc(F)ccc1F)CC(O)c1ccc(C)cc1. The van der Waals surface area contributed by atoms with Crippen LogP contribution in [0.2, 0.25) is 0 Å². The molecular weight excluding hydrogens is 326 g/mol. The van der Waals surface area contributed by atoms with Gasteiger partial charge < -0.3 is 10.4 Å². The molecule has 2 N–H and O–H groups in total. The van der Waals surface area contributed by atoms with Crippen molar-refractivity contribution in [1.29, 1.82) is 0 Å². The van der Waals surface area contributed by atoms with Crippen molar-refractivity contribution in [2.75, 3.05) is 25.0 Å². The van der Waals surface area contributed by atoms with Gasteiger partial charge in [-0.15, -0.1) is 0 Å². The molecule has 0 saturated heterocycles. The summed E-state index contributed by atoms with van der Waals surface area (Å²) in [5, 5.41) is 12.7. The number of carbonyl (C=O) groups is 1. The van der Waals surface area contributed by atoms with E-state index >= 15 is 0 Å². The van der Waals surface area contributed by atoms with Crippen molar-refractivity contribution in [3.63, 3.8) is 0 Å². The van der Waals surface area contributed by atoms with Crippen molar-refractivity contribution < 1.29 is 18.7 Å². The number of hydrogen-bond donors (Lipinski definition) is 2. The predicted molar refractivity (Wildman–Crippen MR) is 93.2 cm³/mol. The number of nitrogens with zero attached hydrogens (tertiary/aromatic N) is 1. The lowest BCUT2D eigenvalue weighted by molar-refractivity contribution is -0.117. The number of nitrogens with one attached hydrogen (secondary N) is 1. The second-order valence-corrected chi connectivity index (χ2v) is 5.93. The van der Waals surface area contributed by atoms with Crippen molar-refractivity contribution in [3.05, 3.63) is 65.2 Å². The van der Waals surface area contributed by atoms with Crippen molar-refractivity contribution in [2.45, 2.75) is 20.0 Å². The second-order valence-electron chi connectivity index (χ2n) is 5.93. The van der Waals surface area contributed by atoms with Crippen LogP contribution < -0.4 is 5.32 Å². The molecule has 1 amide bonds. The Balaban J connectivity index is 1.95. The molecule has 0 heterocycles. The Morgan fingerprint density at radius 2 is 1.88 bits per heavy atom. The van der Waals surface area contributed by atoms with E-state index in [9.17, 15) is 18.7 Å². The Hall–Kier alpha value is -2.31. The maximum atomic E-state index is 13.6. The monoisotopic (exact) mass is 348 g/mol. The van der Waals surface area contributed by atoms with E-state index in [2.05, 4.69) is 5.32 Å². The van der Waals surface area contributed by atoms with Crippen LogP contribution in [0, 0.1) is 18.6 Å². The number of rotatable bonds is 7. The first-order valence-corrected chi connectivity index (χ1v) is 8.11. The molecule has 2 aromatic carbocycles. The summed E-state index contributed by atoms with van der Waals surface area (Å²) in [6, 6.07) is 10.4. The van der Waals surface area contributed by atoms with Gasteiger partial charge >= 0.3 is 0 Å². The molecule has 0 aliphatic rings. The van der Waals surface area contributed by atoms with Crippen molar-refractivity contribution in [1.82, 2.24) is 4.90 Å². The topological polar surface area (TPSA) is 52.6 Å². The van der Waals surface area contributed by atoms with Gasteiger partial charge in [-0.2, -0.15) is 0 Å². The van der Waals surface area contributed by atoms with Crippen LogP contribution in [0.1, 0.15) is 24.2 Å². The third-order valence-corrected chi connectivity index (χ3v) is 3.91. The van der Waals surface area contributed by atoms with E-state index < -0.39 is 23.6 Å². The molecule has 0 aliphatic carbocycles. The molecule has 4 nitrogen and oxygen atoms in total. The highest BCUT2D eigenvalue weighted by atomic mass is 19.1. The highest BCUT2D eigenvalue weighted by Gasteiger charge is 2.16. The third-order valence-electron chi connectivity index (χ3n) is 3.91. The van der Waals surface area contributed by atoms with Gasteiger partial charge in [-0.05, 0) is 31.2 Å². The zero-order valence-electron chi connectivity index (χ0n) is 14.3. The van der Waals surface area contributed by atoms with Crippen LogP contribution in [0.4, 0.5) is 14.5 Å². The summed E-state index contributed by atoms with van der Waals surface area (Å²) in [4.78, 5) is 13.8. The molecule has 6 heteroatoms. The number of aliphatic hydroxyl groups is 1. The Morgan fingerprint density at radius 1 is 1.20 bits per heavy atom. The van der Waals surface area contributed by atoms with E-state index in [0.29, 0.717) is 6.54 Å². The maximum Gasteiger partial charge on any atom is 0.238 e. The lowest BCUT2D eigenvalue weighted by Gasteiger charge is -2.23. The van der Waals surface area contributed by atoms with Crippen LogP contribution in [0.15, 0.2) is 42.5 Å². The summed E-state index contributed by atoms with van der Waals surface area (Å²) in [5.41, 5.74) is 1.67. The van der Waals surface area contributed by atoms with Gasteiger partial charge in [-0.3, -0.25) is 9.69 Å². The van der Waals surface area contributed by atoms with Crippen LogP contribution in [0.3, 0.4) is 0 Å². The molecule has 0 spiro atoms. The summed E-state index contributed by atoms with van der Waals surface area (Å²) in [6.07, 6.45) is -0.737. The summed E-state index contributed by atoms with van der Waals surface area (Å²) in [7, 11) is 0. The lowest BCUT2D eigenvalue weighted by Crippen LogP contribution is -2.36. The molecule has 0 aromatic heterocycles. The fourth-order valence-electron chi connectivity index (χ4n) is 2.43. The standard InChI is InChI=1S/C19H22F2N2O2/c1-3-23(11-18(24)14-6-4-13(2)5-7-14)12-19(25)22-17-10-15(20)8-9-16(17)21/h4-10,18,24H,3,11-12H2,1-2H3,(H,22,25). The van der Waals surface area contributed by atoms with E-state index in [1.807, 2.05) is 38.1 Å². The average molecular weight is 348 g/mol. The van der Waals surface area contributed by atoms with Crippen molar-refractivity contribution >= 4 is 11.6 Å². The Morgan fingerprint density at radius 3 is 2.52 bits per heavy atom. The van der Waals surface area contributed by atoms with E-state index in [1.165, 1.54) is 0 Å². The minimum atomic E-state index is -0.737. The van der Waals surface area contributed by atoms with E-state index in [4.69, 9.17) is 0 Å². The van der Waals surface area contributed by atoms with Gasteiger partial charge in [-0.25, -0.2) is 8.78 Å². The number of carbonyl (C=O) groups excluding carboxylic acids is 1. The number of aryl methyl sites for hydroxylation is 1. The lowest BCUT2D eigenvalue weighted by atomic mass is 10.1. The summed E-state index contributed by atoms with van der Waals surface area (Å²) >= 11 is 0. The molecule has 0 saturated carbocycles. The molecular formula is C19H22F2N2O2. The number of halogens is 2. The maximum absolute atomic E-state index is 13.6. The first-order chi connectivity index (χ1) is 11.9. The fraction of sp³-hybridized carbons (Fsp3) is 0.316. The minimum absolute atomic E-state index is 0.0324. The average Bonchev–Trinajstić information content (AvgIpc) is 2.58. The summed E-state index contributed by atoms with van der Waals surface area (Å²) in [5.74, 6) is -1.79. The molecule has 0 fully saturated rings. The predicted octanol–water partition coefficient (Wildman–Crippen LogP) is 3.27. The van der Waals surface area contributed by atoms with Gasteiger partial charge in [0.15, 0.2) is 0 Å². The summed E-state index contributed by atoms with van der Waals surface area (Å²) < 4.78 is 26.7. The molecule has 1 atom stereocenters. The van der Waals surface area contributed by atoms with Gasteiger partial charge in [0.05, 0.1) is 18.3 Å². The molecule has 0 aliphatic heterocycles. The van der Waals surface area contributed by atoms with Crippen LogP contribution in [-0.2, 0) is 4.79 Å². The molecule has 2 rings (SSSR count). The highest BCUT2D eigenvalue weighted by Crippen LogP contribution is 2.17. The zero-order valence-corrected chi connectivity index (χ0v) is 14.3. The number of likely N-dealkylation sites (N-methyl/N-ethyl adjacent to an activating group) is 1. The van der Waals surface area contributed by atoms with Gasteiger partial charge in [-0.1, -0.05) is 36.8 Å². The van der Waals surface area contributed by atoms with Crippen LogP contribution in [0.5, 0.6) is 0 Å². The fourth-order valence-corrected chi connectivity index (χ4v) is 2.43. The Bertz CT molecular complexity index is 720. The van der Waals surface area contributed by atoms with E-state index in [0.717, 1.165) is 29.3 Å². The first-order valence-electron chi connectivity index (χ1n) is 8.11.